The van der Waals surface area contributed by atoms with Crippen LogP contribution in [-0.4, -0.2) is 37.5 Å². The Hall–Kier alpha value is -2.89. The number of carbonyl (C=O) groups is 1. The average molecular weight is 666 g/mol. The Labute approximate surface area is 240 Å². The molecule has 3 aromatic rings. The molecule has 8 nitrogen and oxygen atoms in total. The number of thiazole rings is 1. The van der Waals surface area contributed by atoms with Crippen LogP contribution < -0.4 is 29.1 Å². The highest BCUT2D eigenvalue weighted by molar-refractivity contribution is 9.11. The number of esters is 1. The minimum absolute atomic E-state index is 0.240. The molecule has 38 heavy (non-hydrogen) atoms. The lowest BCUT2D eigenvalue weighted by molar-refractivity contribution is -0.136. The molecule has 0 radical (unpaired) electrons. The summed E-state index contributed by atoms with van der Waals surface area (Å²) in [6, 6.07) is 8.40. The van der Waals surface area contributed by atoms with E-state index in [0.717, 1.165) is 14.5 Å². The highest BCUT2D eigenvalue weighted by atomic mass is 79.9. The zero-order valence-corrected chi connectivity index (χ0v) is 25.2. The average Bonchev–Trinajstić information content (AvgIpc) is 3.21. The lowest BCUT2D eigenvalue weighted by Crippen LogP contribution is -2.39. The van der Waals surface area contributed by atoms with E-state index in [4.69, 9.17) is 18.9 Å². The Morgan fingerprint density at radius 2 is 1.68 bits per heavy atom. The topological polar surface area (TPSA) is 88.4 Å². The Morgan fingerprint density at radius 1 is 1.03 bits per heavy atom. The molecule has 0 saturated heterocycles. The molecule has 0 fully saturated rings. The smallest absolute Gasteiger partial charge is 0.337 e. The van der Waals surface area contributed by atoms with Crippen molar-refractivity contribution >= 4 is 55.2 Å². The third-order valence-electron chi connectivity index (χ3n) is 5.62. The van der Waals surface area contributed by atoms with E-state index >= 15 is 0 Å². The van der Waals surface area contributed by atoms with Crippen molar-refractivity contribution in [3.8, 4) is 17.2 Å². The number of aromatic nitrogens is 1. The van der Waals surface area contributed by atoms with Crippen molar-refractivity contribution in [3.63, 3.8) is 0 Å². The van der Waals surface area contributed by atoms with E-state index in [0.29, 0.717) is 52.0 Å². The summed E-state index contributed by atoms with van der Waals surface area (Å²) in [7, 11) is 1.30. The van der Waals surface area contributed by atoms with Crippen LogP contribution in [0.1, 0.15) is 37.9 Å². The first kappa shape index (κ1) is 28.1. The fourth-order valence-electron chi connectivity index (χ4n) is 4.08. The van der Waals surface area contributed by atoms with E-state index in [1.807, 2.05) is 39.0 Å². The van der Waals surface area contributed by atoms with Gasteiger partial charge in [-0.05, 0) is 94.1 Å². The minimum Gasteiger partial charge on any atom is -0.492 e. The van der Waals surface area contributed by atoms with Gasteiger partial charge in [0.1, 0.15) is 5.75 Å². The van der Waals surface area contributed by atoms with E-state index in [1.54, 1.807) is 18.2 Å². The summed E-state index contributed by atoms with van der Waals surface area (Å²) >= 11 is 8.32. The van der Waals surface area contributed by atoms with Crippen molar-refractivity contribution < 1.29 is 23.7 Å². The number of rotatable bonds is 9. The fraction of sp³-hybridized carbons (Fsp3) is 0.296. The SMILES string of the molecule is CCOc1ccc([C@H]2C(C(=O)OC)=CN=c3s/c(=C\c4cc(Br)c(OCC)c(Br)c4)c(=O)n32)cc1OCC. The van der Waals surface area contributed by atoms with Gasteiger partial charge in [-0.25, -0.2) is 9.79 Å². The molecule has 2 aromatic carbocycles. The number of carbonyl (C=O) groups excluding carboxylic acids is 1. The zero-order chi connectivity index (χ0) is 27.4. The third kappa shape index (κ3) is 5.60. The van der Waals surface area contributed by atoms with Gasteiger partial charge in [-0.3, -0.25) is 9.36 Å². The van der Waals surface area contributed by atoms with E-state index < -0.39 is 12.0 Å². The molecular formula is C27H26Br2N2O6S. The van der Waals surface area contributed by atoms with Crippen LogP contribution in [0.25, 0.3) is 6.08 Å². The van der Waals surface area contributed by atoms with E-state index in [-0.39, 0.29) is 11.1 Å². The number of hydrogen-bond donors (Lipinski definition) is 0. The highest BCUT2D eigenvalue weighted by Gasteiger charge is 2.31. The first-order valence-corrected chi connectivity index (χ1v) is 14.3. The molecule has 1 atom stereocenters. The summed E-state index contributed by atoms with van der Waals surface area (Å²) in [5.74, 6) is 1.23. The summed E-state index contributed by atoms with van der Waals surface area (Å²) in [5, 5.41) is 0. The van der Waals surface area contributed by atoms with Gasteiger partial charge >= 0.3 is 5.97 Å². The maximum Gasteiger partial charge on any atom is 0.337 e. The highest BCUT2D eigenvalue weighted by Crippen LogP contribution is 2.36. The number of benzene rings is 2. The van der Waals surface area contributed by atoms with Gasteiger partial charge in [-0.15, -0.1) is 0 Å². The van der Waals surface area contributed by atoms with Crippen LogP contribution >= 0.6 is 43.2 Å². The normalized spacial score (nSPS) is 14.8. The van der Waals surface area contributed by atoms with Gasteiger partial charge in [0.2, 0.25) is 0 Å². The Morgan fingerprint density at radius 3 is 2.32 bits per heavy atom. The van der Waals surface area contributed by atoms with Gasteiger partial charge in [-0.2, -0.15) is 0 Å². The van der Waals surface area contributed by atoms with Crippen molar-refractivity contribution in [2.75, 3.05) is 26.9 Å². The summed E-state index contributed by atoms with van der Waals surface area (Å²) in [4.78, 5) is 31.4. The second-order valence-electron chi connectivity index (χ2n) is 7.99. The standard InChI is InChI=1S/C27H26Br2N2O6S/c1-5-35-20-9-8-16(13-21(20)36-6-2)23-17(26(33)34-4)14-30-27-31(23)25(32)22(38-27)12-15-10-18(28)24(37-7-3)19(29)11-15/h8-14,23H,5-7H2,1-4H3/b22-12-/t23-/m0/s1. The number of hydrogen-bond acceptors (Lipinski definition) is 8. The molecule has 4 rings (SSSR count). The van der Waals surface area contributed by atoms with Crippen LogP contribution in [0.4, 0.5) is 0 Å². The maximum atomic E-state index is 13.8. The van der Waals surface area contributed by atoms with Crippen molar-refractivity contribution in [3.05, 3.63) is 81.9 Å². The summed E-state index contributed by atoms with van der Waals surface area (Å²) in [6.07, 6.45) is 3.25. The van der Waals surface area contributed by atoms with Gasteiger partial charge in [0.25, 0.3) is 5.56 Å². The molecule has 0 amide bonds. The van der Waals surface area contributed by atoms with Crippen LogP contribution in [0, 0.1) is 0 Å². The molecule has 1 aliphatic heterocycles. The molecule has 0 N–H and O–H groups in total. The Bertz CT molecular complexity index is 1550. The molecule has 11 heteroatoms. The van der Waals surface area contributed by atoms with Crippen LogP contribution in [0.5, 0.6) is 17.2 Å². The molecule has 1 aliphatic rings. The lowest BCUT2D eigenvalue weighted by Gasteiger charge is -2.23. The lowest BCUT2D eigenvalue weighted by atomic mass is 9.97. The number of halogens is 2. The van der Waals surface area contributed by atoms with E-state index in [9.17, 15) is 9.59 Å². The second-order valence-corrected chi connectivity index (χ2v) is 10.7. The van der Waals surface area contributed by atoms with Gasteiger partial charge in [-0.1, -0.05) is 17.4 Å². The first-order valence-electron chi connectivity index (χ1n) is 11.9. The molecule has 0 saturated carbocycles. The molecule has 0 unspecified atom stereocenters. The number of nitrogens with zero attached hydrogens (tertiary/aromatic N) is 2. The van der Waals surface area contributed by atoms with Gasteiger partial charge in [0.05, 0.1) is 52.0 Å². The van der Waals surface area contributed by atoms with Crippen molar-refractivity contribution in [1.82, 2.24) is 4.57 Å². The Kier molecular flexibility index (Phi) is 9.11. The quantitative estimate of drug-likeness (QED) is 0.307. The molecule has 0 spiro atoms. The molecule has 0 aliphatic carbocycles. The summed E-state index contributed by atoms with van der Waals surface area (Å²) in [5.41, 5.74) is 1.43. The molecule has 1 aromatic heterocycles. The predicted octanol–water partition coefficient (Wildman–Crippen LogP) is 4.74. The predicted molar refractivity (Wildman–Crippen MR) is 153 cm³/mol. The Balaban J connectivity index is 1.88. The summed E-state index contributed by atoms with van der Waals surface area (Å²) < 4.78 is 25.7. The van der Waals surface area contributed by atoms with E-state index in [1.165, 1.54) is 29.2 Å². The number of fused-ring (bicyclic) bond motifs is 1. The van der Waals surface area contributed by atoms with Crippen LogP contribution in [0.2, 0.25) is 0 Å². The van der Waals surface area contributed by atoms with E-state index in [2.05, 4.69) is 36.9 Å². The largest absolute Gasteiger partial charge is 0.492 e. The van der Waals surface area contributed by atoms with Crippen molar-refractivity contribution in [1.29, 1.82) is 0 Å². The maximum absolute atomic E-state index is 13.8. The zero-order valence-electron chi connectivity index (χ0n) is 21.2. The van der Waals surface area contributed by atoms with Crippen LogP contribution in [-0.2, 0) is 9.53 Å². The minimum atomic E-state index is -0.755. The number of ether oxygens (including phenoxy) is 4. The van der Waals surface area contributed by atoms with Crippen LogP contribution in [0.15, 0.2) is 60.8 Å². The van der Waals surface area contributed by atoms with Gasteiger partial charge in [0.15, 0.2) is 16.3 Å². The molecular weight excluding hydrogens is 640 g/mol. The van der Waals surface area contributed by atoms with Crippen molar-refractivity contribution in [2.24, 2.45) is 4.99 Å². The second kappa shape index (κ2) is 12.3. The fourth-order valence-corrected chi connectivity index (χ4v) is 6.50. The van der Waals surface area contributed by atoms with Crippen molar-refractivity contribution in [2.45, 2.75) is 26.8 Å². The van der Waals surface area contributed by atoms with Crippen LogP contribution in [0.3, 0.4) is 0 Å². The molecule has 0 bridgehead atoms. The number of methoxy groups -OCH3 is 1. The third-order valence-corrected chi connectivity index (χ3v) is 7.79. The van der Waals surface area contributed by atoms with Gasteiger partial charge < -0.3 is 18.9 Å². The molecule has 200 valence electrons. The molecule has 2 heterocycles. The summed E-state index contributed by atoms with van der Waals surface area (Å²) in [6.45, 7) is 7.10. The van der Waals surface area contributed by atoms with Gasteiger partial charge in [0, 0.05) is 6.20 Å². The first-order chi connectivity index (χ1) is 18.3. The monoisotopic (exact) mass is 664 g/mol.